The Morgan fingerprint density at radius 1 is 1.20 bits per heavy atom. The molecule has 7 heteroatoms. The van der Waals surface area contributed by atoms with Gasteiger partial charge >= 0.3 is 0 Å². The molecule has 0 aliphatic rings. The number of likely N-dealkylation sites (N-methyl/N-ethyl adjacent to an activating group) is 2. The Morgan fingerprint density at radius 3 is 2.25 bits per heavy atom. The normalized spacial score (nSPS) is 12.4. The number of aryl methyl sites for hydroxylation is 1. The largest absolute Gasteiger partial charge is 0.396 e. The van der Waals surface area contributed by atoms with Gasteiger partial charge in [-0.15, -0.1) is 0 Å². The molecule has 114 valence electrons. The van der Waals surface area contributed by atoms with Crippen LogP contribution in [0.3, 0.4) is 0 Å². The first-order valence-electron chi connectivity index (χ1n) is 6.25. The molecule has 0 saturated heterocycles. The minimum atomic E-state index is -3.68. The number of rotatable bonds is 5. The van der Waals surface area contributed by atoms with Crippen LogP contribution >= 0.6 is 0 Å². The van der Waals surface area contributed by atoms with Gasteiger partial charge in [0.15, 0.2) is 0 Å². The fraction of sp³-hybridized carbons (Fsp3) is 0.538. The van der Waals surface area contributed by atoms with Crippen LogP contribution in [0, 0.1) is 19.7 Å². The number of sulfonamides is 1. The number of hydrogen-bond acceptors (Lipinski definition) is 4. The molecule has 0 radical (unpaired) electrons. The van der Waals surface area contributed by atoms with Crippen molar-refractivity contribution in [2.75, 3.05) is 40.0 Å². The van der Waals surface area contributed by atoms with Gasteiger partial charge in [0.05, 0.1) is 10.6 Å². The van der Waals surface area contributed by atoms with Gasteiger partial charge in [0.2, 0.25) is 10.0 Å². The van der Waals surface area contributed by atoms with Gasteiger partial charge in [-0.1, -0.05) is 0 Å². The molecule has 5 nitrogen and oxygen atoms in total. The number of nitrogens with zero attached hydrogens (tertiary/aromatic N) is 2. The van der Waals surface area contributed by atoms with Crippen molar-refractivity contribution in [1.29, 1.82) is 0 Å². The Bertz CT molecular complexity index is 600. The van der Waals surface area contributed by atoms with Gasteiger partial charge in [-0.05, 0) is 45.1 Å². The number of hydrogen-bond donors (Lipinski definition) is 1. The molecule has 0 aliphatic carbocycles. The second-order valence-corrected chi connectivity index (χ2v) is 7.15. The van der Waals surface area contributed by atoms with Crippen LogP contribution in [0.15, 0.2) is 11.0 Å². The minimum Gasteiger partial charge on any atom is -0.396 e. The standard InChI is InChI=1S/C13H22FN3O2S/c1-9-8-11(14)12(15)10(2)13(9)20(18,19)17(5)7-6-16(3)4/h8H,6-7,15H2,1-5H3. The maximum Gasteiger partial charge on any atom is 0.243 e. The average molecular weight is 303 g/mol. The van der Waals surface area contributed by atoms with E-state index in [0.717, 1.165) is 6.07 Å². The number of benzene rings is 1. The van der Waals surface area contributed by atoms with Crippen LogP contribution in [0.2, 0.25) is 0 Å². The molecule has 0 aromatic heterocycles. The Labute approximate surface area is 120 Å². The predicted molar refractivity (Wildman–Crippen MR) is 78.7 cm³/mol. The van der Waals surface area contributed by atoms with E-state index < -0.39 is 15.8 Å². The molecule has 0 atom stereocenters. The van der Waals surface area contributed by atoms with Crippen LogP contribution in [-0.4, -0.2) is 51.9 Å². The molecule has 0 heterocycles. The van der Waals surface area contributed by atoms with E-state index in [9.17, 15) is 12.8 Å². The van der Waals surface area contributed by atoms with Crippen LogP contribution in [0.1, 0.15) is 11.1 Å². The Morgan fingerprint density at radius 2 is 1.75 bits per heavy atom. The highest BCUT2D eigenvalue weighted by Gasteiger charge is 2.26. The molecule has 0 bridgehead atoms. The summed E-state index contributed by atoms with van der Waals surface area (Å²) in [5.74, 6) is -0.588. The van der Waals surface area contributed by atoms with Gasteiger partial charge in [-0.3, -0.25) is 0 Å². The molecule has 0 saturated carbocycles. The van der Waals surface area contributed by atoms with E-state index in [1.165, 1.54) is 18.3 Å². The summed E-state index contributed by atoms with van der Waals surface area (Å²) in [5.41, 5.74) is 6.12. The molecule has 1 aromatic carbocycles. The van der Waals surface area contributed by atoms with E-state index >= 15 is 0 Å². The fourth-order valence-corrected chi connectivity index (χ4v) is 3.54. The zero-order valence-electron chi connectivity index (χ0n) is 12.6. The van der Waals surface area contributed by atoms with Crippen molar-refractivity contribution < 1.29 is 12.8 Å². The van der Waals surface area contributed by atoms with E-state index in [1.807, 2.05) is 19.0 Å². The lowest BCUT2D eigenvalue weighted by Crippen LogP contribution is -2.34. The molecule has 1 aromatic rings. The lowest BCUT2D eigenvalue weighted by atomic mass is 10.1. The summed E-state index contributed by atoms with van der Waals surface area (Å²) in [5, 5.41) is 0. The van der Waals surface area contributed by atoms with Gasteiger partial charge in [0.1, 0.15) is 5.82 Å². The van der Waals surface area contributed by atoms with Gasteiger partial charge < -0.3 is 10.6 Å². The lowest BCUT2D eigenvalue weighted by Gasteiger charge is -2.22. The third kappa shape index (κ3) is 3.28. The van der Waals surface area contributed by atoms with Crippen LogP contribution in [0.25, 0.3) is 0 Å². The zero-order valence-corrected chi connectivity index (χ0v) is 13.4. The van der Waals surface area contributed by atoms with Crippen molar-refractivity contribution in [3.05, 3.63) is 23.0 Å². The molecule has 0 aliphatic heterocycles. The minimum absolute atomic E-state index is 0.0951. The summed E-state index contributed by atoms with van der Waals surface area (Å²) < 4.78 is 39.9. The molecule has 20 heavy (non-hydrogen) atoms. The number of nitrogen functional groups attached to an aromatic ring is 1. The Kier molecular flexibility index (Phi) is 5.12. The average Bonchev–Trinajstić information content (AvgIpc) is 2.32. The Balaban J connectivity index is 3.26. The third-order valence-corrected chi connectivity index (χ3v) is 5.38. The van der Waals surface area contributed by atoms with E-state index in [0.29, 0.717) is 18.7 Å². The smallest absolute Gasteiger partial charge is 0.243 e. The van der Waals surface area contributed by atoms with Crippen LogP contribution in [0.5, 0.6) is 0 Å². The predicted octanol–water partition coefficient (Wildman–Crippen LogP) is 1.21. The van der Waals surface area contributed by atoms with Crippen molar-refractivity contribution in [2.24, 2.45) is 0 Å². The zero-order chi connectivity index (χ0) is 15.7. The van der Waals surface area contributed by atoms with Crippen molar-refractivity contribution in [2.45, 2.75) is 18.7 Å². The number of halogens is 1. The summed E-state index contributed by atoms with van der Waals surface area (Å²) in [6, 6.07) is 1.16. The highest BCUT2D eigenvalue weighted by molar-refractivity contribution is 7.89. The molecule has 1 rings (SSSR count). The molecule has 0 amide bonds. The van der Waals surface area contributed by atoms with Gasteiger partial charge in [0.25, 0.3) is 0 Å². The topological polar surface area (TPSA) is 66.6 Å². The quantitative estimate of drug-likeness (QED) is 0.830. The Hall–Kier alpha value is -1.18. The van der Waals surface area contributed by atoms with Crippen molar-refractivity contribution >= 4 is 15.7 Å². The van der Waals surface area contributed by atoms with E-state index in [-0.39, 0.29) is 16.1 Å². The molecular formula is C13H22FN3O2S. The van der Waals surface area contributed by atoms with Crippen molar-refractivity contribution in [1.82, 2.24) is 9.21 Å². The summed E-state index contributed by atoms with van der Waals surface area (Å²) in [4.78, 5) is 1.99. The molecular weight excluding hydrogens is 281 g/mol. The van der Waals surface area contributed by atoms with Crippen LogP contribution < -0.4 is 5.73 Å². The van der Waals surface area contributed by atoms with Crippen molar-refractivity contribution in [3.63, 3.8) is 0 Å². The van der Waals surface area contributed by atoms with Crippen molar-refractivity contribution in [3.8, 4) is 0 Å². The first-order chi connectivity index (χ1) is 9.09. The fourth-order valence-electron chi connectivity index (χ4n) is 1.94. The second-order valence-electron chi connectivity index (χ2n) is 5.17. The van der Waals surface area contributed by atoms with E-state index in [2.05, 4.69) is 0 Å². The summed E-state index contributed by atoms with van der Waals surface area (Å²) in [7, 11) is 1.57. The highest BCUT2D eigenvalue weighted by Crippen LogP contribution is 2.29. The van der Waals surface area contributed by atoms with Gasteiger partial charge in [0, 0.05) is 20.1 Å². The molecule has 0 spiro atoms. The van der Waals surface area contributed by atoms with Gasteiger partial charge in [-0.2, -0.15) is 4.31 Å². The summed E-state index contributed by atoms with van der Waals surface area (Å²) in [6.45, 7) is 4.05. The highest BCUT2D eigenvalue weighted by atomic mass is 32.2. The molecule has 0 fully saturated rings. The van der Waals surface area contributed by atoms with E-state index in [4.69, 9.17) is 5.73 Å². The lowest BCUT2D eigenvalue weighted by molar-refractivity contribution is 0.358. The monoisotopic (exact) mass is 303 g/mol. The first kappa shape index (κ1) is 16.9. The second kappa shape index (κ2) is 6.07. The maximum atomic E-state index is 13.5. The first-order valence-corrected chi connectivity index (χ1v) is 7.69. The molecule has 0 unspecified atom stereocenters. The maximum absolute atomic E-state index is 13.5. The van der Waals surface area contributed by atoms with Gasteiger partial charge in [-0.25, -0.2) is 12.8 Å². The summed E-state index contributed by atoms with van der Waals surface area (Å²) in [6.07, 6.45) is 0. The van der Waals surface area contributed by atoms with E-state index in [1.54, 1.807) is 6.92 Å². The van der Waals surface area contributed by atoms with Crippen LogP contribution in [-0.2, 0) is 10.0 Å². The number of nitrogens with two attached hydrogens (primary N) is 1. The third-order valence-electron chi connectivity index (χ3n) is 3.23. The SMILES string of the molecule is Cc1cc(F)c(N)c(C)c1S(=O)(=O)N(C)CCN(C)C. The number of anilines is 1. The molecule has 2 N–H and O–H groups in total. The van der Waals surface area contributed by atoms with Crippen LogP contribution in [0.4, 0.5) is 10.1 Å². The summed E-state index contributed by atoms with van der Waals surface area (Å²) >= 11 is 0.